The smallest absolute Gasteiger partial charge is 0.226 e. The number of allylic oxidation sites excluding steroid dienone is 1. The van der Waals surface area contributed by atoms with E-state index in [-0.39, 0.29) is 29.7 Å². The van der Waals surface area contributed by atoms with Gasteiger partial charge in [-0.15, -0.1) is 0 Å². The molecular formula is C29H40ClN3O2. The van der Waals surface area contributed by atoms with Crippen LogP contribution >= 0.6 is 11.6 Å². The average Bonchev–Trinajstić information content (AvgIpc) is 3.47. The van der Waals surface area contributed by atoms with E-state index in [0.717, 1.165) is 72.1 Å². The summed E-state index contributed by atoms with van der Waals surface area (Å²) in [5, 5.41) is 4.88. The number of nitrogens with one attached hydrogen (secondary N) is 1. The number of likely N-dealkylation sites (N-methyl/N-ethyl adjacent to an activating group) is 1. The molecule has 0 radical (unpaired) electrons. The van der Waals surface area contributed by atoms with E-state index in [4.69, 9.17) is 11.6 Å². The number of carbonyl (C=O) groups excluding carboxylic acids is 2. The highest BCUT2D eigenvalue weighted by atomic mass is 35.5. The van der Waals surface area contributed by atoms with Crippen LogP contribution in [-0.2, 0) is 16.1 Å². The number of amides is 1. The van der Waals surface area contributed by atoms with Crippen LogP contribution in [0.3, 0.4) is 0 Å². The molecule has 4 rings (SSSR count). The van der Waals surface area contributed by atoms with E-state index in [1.54, 1.807) is 0 Å². The van der Waals surface area contributed by atoms with Crippen molar-refractivity contribution in [2.24, 2.45) is 11.8 Å². The number of hydrogen-bond acceptors (Lipinski definition) is 3. The second kappa shape index (κ2) is 11.3. The topological polar surface area (TPSA) is 54.3 Å². The van der Waals surface area contributed by atoms with Crippen molar-refractivity contribution >= 4 is 39.8 Å². The maximum absolute atomic E-state index is 14.0. The molecule has 0 unspecified atom stereocenters. The van der Waals surface area contributed by atoms with Crippen molar-refractivity contribution in [3.8, 4) is 0 Å². The van der Waals surface area contributed by atoms with Crippen molar-refractivity contribution < 1.29 is 9.59 Å². The van der Waals surface area contributed by atoms with Gasteiger partial charge in [0.1, 0.15) is 5.78 Å². The van der Waals surface area contributed by atoms with Gasteiger partial charge in [0.15, 0.2) is 0 Å². The number of para-hydroxylation sites is 1. The number of Topliss-reactive ketones (excluding diaryl/α,β-unsaturated/α-hetero) is 1. The molecule has 1 aliphatic heterocycles. The molecule has 1 aromatic heterocycles. The van der Waals surface area contributed by atoms with Gasteiger partial charge in [0.25, 0.3) is 0 Å². The summed E-state index contributed by atoms with van der Waals surface area (Å²) in [5.41, 5.74) is 3.11. The fourth-order valence-electron chi connectivity index (χ4n) is 6.10. The number of carbonyl (C=O) groups is 2. The molecule has 3 atom stereocenters. The third-order valence-electron chi connectivity index (χ3n) is 8.25. The van der Waals surface area contributed by atoms with E-state index in [2.05, 4.69) is 33.6 Å². The molecule has 35 heavy (non-hydrogen) atoms. The van der Waals surface area contributed by atoms with Crippen molar-refractivity contribution in [1.29, 1.82) is 0 Å². The minimum absolute atomic E-state index is 0.107. The lowest BCUT2D eigenvalue weighted by Gasteiger charge is -2.35. The molecule has 2 aliphatic rings. The number of rotatable bonds is 9. The number of aromatic nitrogens is 1. The Kier molecular flexibility index (Phi) is 8.38. The van der Waals surface area contributed by atoms with Crippen molar-refractivity contribution in [3.63, 3.8) is 0 Å². The number of benzene rings is 1. The molecule has 6 heteroatoms. The van der Waals surface area contributed by atoms with E-state index in [1.807, 2.05) is 33.0 Å². The standard InChI is InChI=1S/C29H40ClN3O2/c1-19(2)25-18-32(28-23(25)13-8-14-26(28)30)17-22-12-9-15-33(22)29(35)24(16-27(34)20(3)31-4)21-10-6-5-7-11-21/h8,13-14,18,20-22,24,31H,1,5-7,9-12,15-17H2,2-4H3/t20-,22-,24-/m0/s1. The Morgan fingerprint density at radius 1 is 1.17 bits per heavy atom. The fourth-order valence-corrected chi connectivity index (χ4v) is 6.38. The summed E-state index contributed by atoms with van der Waals surface area (Å²) in [7, 11) is 1.81. The molecule has 1 aromatic carbocycles. The Morgan fingerprint density at radius 2 is 1.91 bits per heavy atom. The van der Waals surface area contributed by atoms with Crippen LogP contribution in [0.2, 0.25) is 5.02 Å². The largest absolute Gasteiger partial charge is 0.344 e. The van der Waals surface area contributed by atoms with Crippen molar-refractivity contribution in [2.45, 2.75) is 83.8 Å². The van der Waals surface area contributed by atoms with Gasteiger partial charge in [-0.1, -0.05) is 49.6 Å². The van der Waals surface area contributed by atoms with Gasteiger partial charge >= 0.3 is 0 Å². The van der Waals surface area contributed by atoms with Gasteiger partial charge in [-0.3, -0.25) is 9.59 Å². The van der Waals surface area contributed by atoms with E-state index < -0.39 is 0 Å². The maximum Gasteiger partial charge on any atom is 0.226 e. The lowest BCUT2D eigenvalue weighted by atomic mass is 9.76. The summed E-state index contributed by atoms with van der Waals surface area (Å²) in [6, 6.07) is 5.87. The zero-order chi connectivity index (χ0) is 25.1. The fraction of sp³-hybridized carbons (Fsp3) is 0.586. The lowest BCUT2D eigenvalue weighted by Crippen LogP contribution is -2.45. The van der Waals surface area contributed by atoms with Crippen LogP contribution in [0.4, 0.5) is 0 Å². The van der Waals surface area contributed by atoms with Crippen LogP contribution in [0.15, 0.2) is 31.0 Å². The third-order valence-corrected chi connectivity index (χ3v) is 8.55. The summed E-state index contributed by atoms with van der Waals surface area (Å²) in [5.74, 6) is 0.415. The number of fused-ring (bicyclic) bond motifs is 1. The molecule has 0 spiro atoms. The Morgan fingerprint density at radius 3 is 2.60 bits per heavy atom. The van der Waals surface area contributed by atoms with Crippen LogP contribution in [0.25, 0.3) is 16.5 Å². The van der Waals surface area contributed by atoms with Crippen molar-refractivity contribution in [1.82, 2.24) is 14.8 Å². The van der Waals surface area contributed by atoms with Crippen LogP contribution in [0.1, 0.15) is 70.8 Å². The predicted octanol–water partition coefficient (Wildman–Crippen LogP) is 6.08. The first-order valence-corrected chi connectivity index (χ1v) is 13.6. The first-order valence-electron chi connectivity index (χ1n) is 13.3. The summed E-state index contributed by atoms with van der Waals surface area (Å²) >= 11 is 6.64. The molecule has 1 saturated heterocycles. The highest BCUT2D eigenvalue weighted by molar-refractivity contribution is 6.35. The van der Waals surface area contributed by atoms with Crippen molar-refractivity contribution in [2.75, 3.05) is 13.6 Å². The Bertz CT molecular complexity index is 1090. The number of likely N-dealkylation sites (tertiary alicyclic amines) is 1. The van der Waals surface area contributed by atoms with Gasteiger partial charge in [0.05, 0.1) is 16.6 Å². The second-order valence-corrected chi connectivity index (χ2v) is 11.0. The van der Waals surface area contributed by atoms with Gasteiger partial charge < -0.3 is 14.8 Å². The number of halogens is 1. The molecule has 1 saturated carbocycles. The Balaban J connectivity index is 1.60. The molecular weight excluding hydrogens is 458 g/mol. The second-order valence-electron chi connectivity index (χ2n) is 10.6. The molecule has 0 bridgehead atoms. The quantitative estimate of drug-likeness (QED) is 0.456. The maximum atomic E-state index is 14.0. The number of hydrogen-bond donors (Lipinski definition) is 1. The minimum atomic E-state index is -0.225. The van der Waals surface area contributed by atoms with E-state index in [1.165, 1.54) is 6.42 Å². The van der Waals surface area contributed by atoms with E-state index in [9.17, 15) is 9.59 Å². The number of nitrogens with zero attached hydrogens (tertiary/aromatic N) is 2. The normalized spacial score (nSPS) is 20.8. The van der Waals surface area contributed by atoms with E-state index >= 15 is 0 Å². The Hall–Kier alpha value is -2.11. The molecule has 5 nitrogen and oxygen atoms in total. The highest BCUT2D eigenvalue weighted by Crippen LogP contribution is 2.36. The van der Waals surface area contributed by atoms with Gasteiger partial charge in [-0.05, 0) is 64.1 Å². The monoisotopic (exact) mass is 497 g/mol. The Labute approximate surface area is 214 Å². The summed E-state index contributed by atoms with van der Waals surface area (Å²) in [4.78, 5) is 29.0. The number of ketones is 1. The molecule has 2 heterocycles. The predicted molar refractivity (Wildman–Crippen MR) is 145 cm³/mol. The van der Waals surface area contributed by atoms with Gasteiger partial charge in [-0.25, -0.2) is 0 Å². The molecule has 190 valence electrons. The summed E-state index contributed by atoms with van der Waals surface area (Å²) in [6.07, 6.45) is 10.1. The SMILES string of the molecule is C=C(C)c1cn(C[C@@H]2CCCN2C(=O)[C@@H](CC(=O)[C@H](C)NC)C2CCCCC2)c2c(Cl)cccc12. The van der Waals surface area contributed by atoms with Crippen LogP contribution in [0, 0.1) is 11.8 Å². The highest BCUT2D eigenvalue weighted by Gasteiger charge is 2.39. The average molecular weight is 498 g/mol. The molecule has 1 N–H and O–H groups in total. The lowest BCUT2D eigenvalue weighted by molar-refractivity contribution is -0.141. The zero-order valence-corrected chi connectivity index (χ0v) is 22.2. The first-order chi connectivity index (χ1) is 16.8. The molecule has 1 aliphatic carbocycles. The van der Waals surface area contributed by atoms with Gasteiger partial charge in [0, 0.05) is 48.6 Å². The van der Waals surface area contributed by atoms with Crippen molar-refractivity contribution in [3.05, 3.63) is 41.6 Å². The summed E-state index contributed by atoms with van der Waals surface area (Å²) < 4.78 is 2.21. The van der Waals surface area contributed by atoms with Gasteiger partial charge in [0.2, 0.25) is 5.91 Å². The van der Waals surface area contributed by atoms with Gasteiger partial charge in [-0.2, -0.15) is 0 Å². The van der Waals surface area contributed by atoms with Crippen LogP contribution < -0.4 is 5.32 Å². The minimum Gasteiger partial charge on any atom is -0.344 e. The zero-order valence-electron chi connectivity index (χ0n) is 21.5. The van der Waals surface area contributed by atoms with Crippen LogP contribution in [-0.4, -0.2) is 46.8 Å². The van der Waals surface area contributed by atoms with E-state index in [0.29, 0.717) is 18.9 Å². The third kappa shape index (κ3) is 5.51. The molecule has 1 amide bonds. The first kappa shape index (κ1) is 26.0. The summed E-state index contributed by atoms with van der Waals surface area (Å²) in [6.45, 7) is 9.54. The molecule has 2 aromatic rings. The molecule has 2 fully saturated rings. The van der Waals surface area contributed by atoms with Crippen LogP contribution in [0.5, 0.6) is 0 Å².